The minimum absolute atomic E-state index is 0.286. The van der Waals surface area contributed by atoms with Gasteiger partial charge < -0.3 is 14.4 Å². The van der Waals surface area contributed by atoms with Crippen LogP contribution in [0.25, 0.3) is 0 Å². The number of hydrogen-bond acceptors (Lipinski definition) is 3. The van der Waals surface area contributed by atoms with Crippen molar-refractivity contribution in [2.75, 3.05) is 19.7 Å². The average molecular weight is 265 g/mol. The summed E-state index contributed by atoms with van der Waals surface area (Å²) in [5, 5.41) is 0. The van der Waals surface area contributed by atoms with Gasteiger partial charge in [0.2, 0.25) is 0 Å². The normalized spacial score (nSPS) is 24.7. The van der Waals surface area contributed by atoms with Gasteiger partial charge in [-0.1, -0.05) is 0 Å². The average Bonchev–Trinajstić information content (AvgIpc) is 2.56. The van der Waals surface area contributed by atoms with Crippen LogP contribution >= 0.6 is 0 Å². The van der Waals surface area contributed by atoms with Gasteiger partial charge >= 0.3 is 6.09 Å². The fourth-order valence-corrected chi connectivity index (χ4v) is 1.80. The number of amides is 1. The molecule has 1 atom stereocenters. The molecule has 4 nitrogen and oxygen atoms in total. The monoisotopic (exact) mass is 265 g/mol. The highest BCUT2D eigenvalue weighted by atomic mass is 19.3. The fraction of sp³-hybridized carbons (Fsp3) is 0.917. The van der Waals surface area contributed by atoms with Crippen LogP contribution in [0, 0.1) is 0 Å². The lowest BCUT2D eigenvalue weighted by Gasteiger charge is -2.27. The van der Waals surface area contributed by atoms with Crippen LogP contribution in [-0.2, 0) is 9.47 Å². The van der Waals surface area contributed by atoms with E-state index in [1.54, 1.807) is 27.7 Å². The van der Waals surface area contributed by atoms with Gasteiger partial charge in [0.25, 0.3) is 6.43 Å². The molecule has 106 valence electrons. The van der Waals surface area contributed by atoms with Gasteiger partial charge in [0.05, 0.1) is 12.1 Å². The summed E-state index contributed by atoms with van der Waals surface area (Å²) in [4.78, 5) is 13.3. The van der Waals surface area contributed by atoms with Crippen LogP contribution in [0.1, 0.15) is 34.1 Å². The van der Waals surface area contributed by atoms with Crippen molar-refractivity contribution in [2.45, 2.75) is 51.7 Å². The summed E-state index contributed by atoms with van der Waals surface area (Å²) >= 11 is 0. The van der Waals surface area contributed by atoms with Crippen LogP contribution in [0.4, 0.5) is 13.6 Å². The Morgan fingerprint density at radius 1 is 1.44 bits per heavy atom. The highest BCUT2D eigenvalue weighted by Gasteiger charge is 2.39. The van der Waals surface area contributed by atoms with Crippen LogP contribution in [-0.4, -0.2) is 48.3 Å². The molecule has 0 saturated carbocycles. The second-order valence-corrected chi connectivity index (χ2v) is 5.80. The fourth-order valence-electron chi connectivity index (χ4n) is 1.80. The van der Waals surface area contributed by atoms with E-state index in [0.29, 0.717) is 13.0 Å². The second kappa shape index (κ2) is 5.38. The number of likely N-dealkylation sites (tertiary alicyclic amines) is 1. The molecule has 0 bridgehead atoms. The van der Waals surface area contributed by atoms with Gasteiger partial charge in [0, 0.05) is 6.54 Å². The van der Waals surface area contributed by atoms with Gasteiger partial charge in [-0.05, 0) is 34.1 Å². The zero-order chi connectivity index (χ0) is 14.0. The summed E-state index contributed by atoms with van der Waals surface area (Å²) in [6.45, 7) is 7.25. The van der Waals surface area contributed by atoms with E-state index >= 15 is 0 Å². The van der Waals surface area contributed by atoms with E-state index in [1.165, 1.54) is 4.90 Å². The first kappa shape index (κ1) is 15.1. The predicted octanol–water partition coefficient (Wildman–Crippen LogP) is 2.67. The van der Waals surface area contributed by atoms with Crippen LogP contribution in [0.5, 0.6) is 0 Å². The van der Waals surface area contributed by atoms with Crippen molar-refractivity contribution >= 4 is 6.09 Å². The second-order valence-electron chi connectivity index (χ2n) is 5.80. The van der Waals surface area contributed by atoms with E-state index in [-0.39, 0.29) is 6.54 Å². The smallest absolute Gasteiger partial charge is 0.410 e. The van der Waals surface area contributed by atoms with Crippen molar-refractivity contribution < 1.29 is 23.0 Å². The van der Waals surface area contributed by atoms with E-state index in [1.807, 2.05) is 0 Å². The minimum Gasteiger partial charge on any atom is -0.444 e. The maximum atomic E-state index is 12.1. The van der Waals surface area contributed by atoms with Crippen LogP contribution in [0.15, 0.2) is 0 Å². The standard InChI is InChI=1S/C12H21F2NO3/c1-11(2,3)18-10(16)15-6-5-12(4,8-15)17-7-9(13)14/h9H,5-8H2,1-4H3. The molecule has 0 aromatic carbocycles. The van der Waals surface area contributed by atoms with E-state index in [4.69, 9.17) is 9.47 Å². The topological polar surface area (TPSA) is 38.8 Å². The number of halogens is 2. The van der Waals surface area contributed by atoms with Gasteiger partial charge in [0.15, 0.2) is 0 Å². The van der Waals surface area contributed by atoms with Crippen molar-refractivity contribution in [3.05, 3.63) is 0 Å². The molecule has 1 unspecified atom stereocenters. The molecule has 1 heterocycles. The molecule has 0 radical (unpaired) electrons. The summed E-state index contributed by atoms with van der Waals surface area (Å²) in [6.07, 6.45) is -2.37. The highest BCUT2D eigenvalue weighted by molar-refractivity contribution is 5.68. The maximum absolute atomic E-state index is 12.1. The van der Waals surface area contributed by atoms with E-state index < -0.39 is 30.3 Å². The summed E-state index contributed by atoms with van der Waals surface area (Å²) in [6, 6.07) is 0. The third-order valence-electron chi connectivity index (χ3n) is 2.65. The van der Waals surface area contributed by atoms with Crippen LogP contribution < -0.4 is 0 Å². The molecule has 0 spiro atoms. The van der Waals surface area contributed by atoms with Crippen molar-refractivity contribution in [1.82, 2.24) is 4.90 Å². The number of rotatable bonds is 3. The molecule has 1 amide bonds. The number of carbonyl (C=O) groups excluding carboxylic acids is 1. The third-order valence-corrected chi connectivity index (χ3v) is 2.65. The Morgan fingerprint density at radius 2 is 2.06 bits per heavy atom. The molecular weight excluding hydrogens is 244 g/mol. The lowest BCUT2D eigenvalue weighted by atomic mass is 10.1. The number of hydrogen-bond donors (Lipinski definition) is 0. The van der Waals surface area contributed by atoms with Gasteiger partial charge in [-0.2, -0.15) is 0 Å². The minimum atomic E-state index is -2.49. The molecule has 1 rings (SSSR count). The molecule has 6 heteroatoms. The van der Waals surface area contributed by atoms with Gasteiger partial charge in [-0.25, -0.2) is 13.6 Å². The lowest BCUT2D eigenvalue weighted by molar-refractivity contribution is -0.0735. The molecular formula is C12H21F2NO3. The first-order valence-corrected chi connectivity index (χ1v) is 6.01. The van der Waals surface area contributed by atoms with Crippen LogP contribution in [0.2, 0.25) is 0 Å². The molecule has 0 aromatic heterocycles. The molecule has 1 aliphatic heterocycles. The first-order chi connectivity index (χ1) is 8.11. The number of carbonyl (C=O) groups is 1. The van der Waals surface area contributed by atoms with Crippen molar-refractivity contribution in [2.24, 2.45) is 0 Å². The quantitative estimate of drug-likeness (QED) is 0.787. The van der Waals surface area contributed by atoms with Gasteiger partial charge in [-0.15, -0.1) is 0 Å². The molecule has 1 aliphatic rings. The molecule has 0 N–H and O–H groups in total. The van der Waals surface area contributed by atoms with Crippen molar-refractivity contribution in [1.29, 1.82) is 0 Å². The Bertz CT molecular complexity index is 304. The maximum Gasteiger partial charge on any atom is 0.410 e. The van der Waals surface area contributed by atoms with E-state index in [2.05, 4.69) is 0 Å². The third kappa shape index (κ3) is 4.76. The van der Waals surface area contributed by atoms with Gasteiger partial charge in [0.1, 0.15) is 12.2 Å². The summed E-state index contributed by atoms with van der Waals surface area (Å²) in [5.74, 6) is 0. The Morgan fingerprint density at radius 3 is 2.56 bits per heavy atom. The van der Waals surface area contributed by atoms with Crippen molar-refractivity contribution in [3.8, 4) is 0 Å². The summed E-state index contributed by atoms with van der Waals surface area (Å²) < 4.78 is 34.6. The Kier molecular flexibility index (Phi) is 4.53. The Balaban J connectivity index is 2.47. The van der Waals surface area contributed by atoms with Crippen LogP contribution in [0.3, 0.4) is 0 Å². The molecule has 0 aromatic rings. The molecule has 18 heavy (non-hydrogen) atoms. The number of nitrogens with zero attached hydrogens (tertiary/aromatic N) is 1. The molecule has 1 saturated heterocycles. The molecule has 1 fully saturated rings. The lowest BCUT2D eigenvalue weighted by Crippen LogP contribution is -2.39. The SMILES string of the molecule is CC(C)(C)OC(=O)N1CCC(C)(OCC(F)F)C1. The number of ether oxygens (including phenoxy) is 2. The predicted molar refractivity (Wildman–Crippen MR) is 62.8 cm³/mol. The van der Waals surface area contributed by atoms with Gasteiger partial charge in [-0.3, -0.25) is 0 Å². The van der Waals surface area contributed by atoms with Crippen molar-refractivity contribution in [3.63, 3.8) is 0 Å². The number of alkyl halides is 2. The summed E-state index contributed by atoms with van der Waals surface area (Å²) in [5.41, 5.74) is -1.26. The van der Waals surface area contributed by atoms with E-state index in [9.17, 15) is 13.6 Å². The molecule has 0 aliphatic carbocycles. The Hall–Kier alpha value is -0.910. The van der Waals surface area contributed by atoms with E-state index in [0.717, 1.165) is 0 Å². The zero-order valence-electron chi connectivity index (χ0n) is 11.3. The first-order valence-electron chi connectivity index (χ1n) is 6.01. The largest absolute Gasteiger partial charge is 0.444 e. The summed E-state index contributed by atoms with van der Waals surface area (Å²) in [7, 11) is 0. The zero-order valence-corrected chi connectivity index (χ0v) is 11.3. The Labute approximate surface area is 106 Å². The highest BCUT2D eigenvalue weighted by Crippen LogP contribution is 2.26.